The summed E-state index contributed by atoms with van der Waals surface area (Å²) in [6.07, 6.45) is 10.8. The van der Waals surface area contributed by atoms with Gasteiger partial charge in [-0.25, -0.2) is 0 Å². The van der Waals surface area contributed by atoms with Crippen molar-refractivity contribution in [2.45, 2.75) is 45.1 Å². The lowest BCUT2D eigenvalue weighted by atomic mass is 9.95. The summed E-state index contributed by atoms with van der Waals surface area (Å²) in [6, 6.07) is 4.68. The summed E-state index contributed by atoms with van der Waals surface area (Å²) in [7, 11) is 2.05. The number of hydrogen-bond donors (Lipinski definition) is 1. The van der Waals surface area contributed by atoms with Gasteiger partial charge in [0.1, 0.15) is 0 Å². The van der Waals surface area contributed by atoms with Crippen LogP contribution >= 0.6 is 0 Å². The molecule has 1 atom stereocenters. The maximum absolute atomic E-state index is 4.27. The highest BCUT2D eigenvalue weighted by atomic mass is 14.9. The number of hydrogen-bond acceptors (Lipinski definition) is 2. The Labute approximate surface area is 104 Å². The Bertz CT molecular complexity index is 396. The summed E-state index contributed by atoms with van der Waals surface area (Å²) in [5.74, 6) is 0. The van der Waals surface area contributed by atoms with Gasteiger partial charge >= 0.3 is 0 Å². The first kappa shape index (κ1) is 12.3. The molecule has 0 amide bonds. The van der Waals surface area contributed by atoms with E-state index >= 15 is 0 Å². The Balaban J connectivity index is 2.23. The Kier molecular flexibility index (Phi) is 4.32. The molecule has 1 heterocycles. The number of nitrogens with one attached hydrogen (secondary N) is 1. The molecule has 1 unspecified atom stereocenters. The molecule has 17 heavy (non-hydrogen) atoms. The maximum Gasteiger partial charge on any atom is 0.0534 e. The first-order chi connectivity index (χ1) is 8.31. The van der Waals surface area contributed by atoms with E-state index in [4.69, 9.17) is 0 Å². The number of allylic oxidation sites excluding steroid dienone is 1. The van der Waals surface area contributed by atoms with Crippen molar-refractivity contribution >= 4 is 0 Å². The van der Waals surface area contributed by atoms with Crippen LogP contribution in [0.1, 0.15) is 49.4 Å². The van der Waals surface area contributed by atoms with Crippen molar-refractivity contribution in [3.63, 3.8) is 0 Å². The molecule has 0 fully saturated rings. The van der Waals surface area contributed by atoms with Crippen LogP contribution in [0.5, 0.6) is 0 Å². The third kappa shape index (κ3) is 3.16. The van der Waals surface area contributed by atoms with Crippen LogP contribution in [0, 0.1) is 6.92 Å². The van der Waals surface area contributed by atoms with Gasteiger partial charge in [-0.2, -0.15) is 0 Å². The number of likely N-dealkylation sites (N-methyl/N-ethyl adjacent to an activating group) is 1. The summed E-state index contributed by atoms with van der Waals surface area (Å²) >= 11 is 0. The lowest BCUT2D eigenvalue weighted by molar-refractivity contribution is 0.627. The minimum atomic E-state index is 0.370. The number of aromatic nitrogens is 1. The number of aryl methyl sites for hydroxylation is 1. The molecule has 1 aromatic rings. The predicted molar refractivity (Wildman–Crippen MR) is 71.9 cm³/mol. The lowest BCUT2D eigenvalue weighted by Crippen LogP contribution is -2.19. The zero-order chi connectivity index (χ0) is 12.1. The van der Waals surface area contributed by atoms with Crippen LogP contribution in [-0.4, -0.2) is 12.0 Å². The quantitative estimate of drug-likeness (QED) is 0.803. The number of nitrogens with zero attached hydrogens (tertiary/aromatic N) is 1. The van der Waals surface area contributed by atoms with Crippen LogP contribution < -0.4 is 5.32 Å². The molecule has 2 heteroatoms. The maximum atomic E-state index is 4.27. The molecule has 0 bridgehead atoms. The fourth-order valence-corrected chi connectivity index (χ4v) is 2.62. The zero-order valence-corrected chi connectivity index (χ0v) is 10.9. The highest BCUT2D eigenvalue weighted by Gasteiger charge is 2.15. The number of rotatable bonds is 3. The largest absolute Gasteiger partial charge is 0.310 e. The molecule has 1 aliphatic rings. The average molecular weight is 230 g/mol. The van der Waals surface area contributed by atoms with Gasteiger partial charge in [0.15, 0.2) is 0 Å². The van der Waals surface area contributed by atoms with Crippen LogP contribution in [0.3, 0.4) is 0 Å². The van der Waals surface area contributed by atoms with E-state index in [1.165, 1.54) is 37.7 Å². The van der Waals surface area contributed by atoms with E-state index in [0.717, 1.165) is 5.69 Å². The van der Waals surface area contributed by atoms with Gasteiger partial charge in [0.05, 0.1) is 6.04 Å². The summed E-state index contributed by atoms with van der Waals surface area (Å²) in [5.41, 5.74) is 3.99. The molecule has 0 saturated heterocycles. The van der Waals surface area contributed by atoms with E-state index in [9.17, 15) is 0 Å². The first-order valence-electron chi connectivity index (χ1n) is 6.60. The van der Waals surface area contributed by atoms with Gasteiger partial charge in [0, 0.05) is 11.9 Å². The first-order valence-corrected chi connectivity index (χ1v) is 6.60. The van der Waals surface area contributed by atoms with E-state index in [0.29, 0.717) is 6.04 Å². The van der Waals surface area contributed by atoms with Gasteiger partial charge in [0.25, 0.3) is 0 Å². The van der Waals surface area contributed by atoms with Gasteiger partial charge in [0.2, 0.25) is 0 Å². The molecule has 0 aromatic carbocycles. The van der Waals surface area contributed by atoms with Gasteiger partial charge in [-0.3, -0.25) is 4.98 Å². The van der Waals surface area contributed by atoms with E-state index in [2.05, 4.69) is 35.4 Å². The molecule has 2 nitrogen and oxygen atoms in total. The van der Waals surface area contributed by atoms with Crippen LogP contribution in [0.15, 0.2) is 30.0 Å². The second-order valence-corrected chi connectivity index (χ2v) is 4.83. The lowest BCUT2D eigenvalue weighted by Gasteiger charge is -2.20. The number of pyridine rings is 1. The molecular weight excluding hydrogens is 208 g/mol. The third-order valence-electron chi connectivity index (χ3n) is 3.49. The summed E-state index contributed by atoms with van der Waals surface area (Å²) in [5, 5.41) is 3.45. The molecule has 0 saturated carbocycles. The molecule has 0 aliphatic heterocycles. The predicted octanol–water partition coefficient (Wildman–Crippen LogP) is 3.54. The molecule has 92 valence electrons. The summed E-state index contributed by atoms with van der Waals surface area (Å²) in [4.78, 5) is 4.27. The minimum absolute atomic E-state index is 0.370. The van der Waals surface area contributed by atoms with Crippen molar-refractivity contribution in [3.05, 3.63) is 41.2 Å². The SMILES string of the molecule is CNC(C1=CCCCCC1)c1ccnc(C)c1. The zero-order valence-electron chi connectivity index (χ0n) is 10.9. The summed E-state index contributed by atoms with van der Waals surface area (Å²) < 4.78 is 0. The Morgan fingerprint density at radius 1 is 1.29 bits per heavy atom. The fourth-order valence-electron chi connectivity index (χ4n) is 2.62. The molecule has 0 spiro atoms. The Morgan fingerprint density at radius 3 is 2.94 bits per heavy atom. The van der Waals surface area contributed by atoms with Crippen molar-refractivity contribution in [3.8, 4) is 0 Å². The van der Waals surface area contributed by atoms with Crippen LogP contribution in [-0.2, 0) is 0 Å². The molecule has 1 aromatic heterocycles. The van der Waals surface area contributed by atoms with Gasteiger partial charge in [-0.05, 0) is 57.4 Å². The second-order valence-electron chi connectivity index (χ2n) is 4.83. The Hall–Kier alpha value is -1.15. The van der Waals surface area contributed by atoms with E-state index in [-0.39, 0.29) is 0 Å². The molecule has 0 radical (unpaired) electrons. The van der Waals surface area contributed by atoms with Crippen LogP contribution in [0.25, 0.3) is 0 Å². The van der Waals surface area contributed by atoms with E-state index in [1.54, 1.807) is 5.57 Å². The van der Waals surface area contributed by atoms with Crippen molar-refractivity contribution in [2.75, 3.05) is 7.05 Å². The smallest absolute Gasteiger partial charge is 0.0534 e. The van der Waals surface area contributed by atoms with Crippen LogP contribution in [0.4, 0.5) is 0 Å². The van der Waals surface area contributed by atoms with Gasteiger partial charge in [-0.1, -0.05) is 18.1 Å². The normalized spacial score (nSPS) is 18.4. The highest BCUT2D eigenvalue weighted by Crippen LogP contribution is 2.28. The Morgan fingerprint density at radius 2 is 2.18 bits per heavy atom. The molecule has 2 rings (SSSR count). The molecule has 1 N–H and O–H groups in total. The van der Waals surface area contributed by atoms with Gasteiger partial charge < -0.3 is 5.32 Å². The van der Waals surface area contributed by atoms with Crippen LogP contribution in [0.2, 0.25) is 0 Å². The van der Waals surface area contributed by atoms with Crippen molar-refractivity contribution < 1.29 is 0 Å². The van der Waals surface area contributed by atoms with Crippen molar-refractivity contribution in [1.82, 2.24) is 10.3 Å². The third-order valence-corrected chi connectivity index (χ3v) is 3.49. The summed E-state index contributed by atoms with van der Waals surface area (Å²) in [6.45, 7) is 2.05. The average Bonchev–Trinajstić information content (AvgIpc) is 2.59. The minimum Gasteiger partial charge on any atom is -0.310 e. The topological polar surface area (TPSA) is 24.9 Å². The molecule has 1 aliphatic carbocycles. The van der Waals surface area contributed by atoms with E-state index < -0.39 is 0 Å². The highest BCUT2D eigenvalue weighted by molar-refractivity contribution is 5.28. The van der Waals surface area contributed by atoms with E-state index in [1.807, 2.05) is 13.2 Å². The monoisotopic (exact) mass is 230 g/mol. The van der Waals surface area contributed by atoms with Gasteiger partial charge in [-0.15, -0.1) is 0 Å². The van der Waals surface area contributed by atoms with Crippen molar-refractivity contribution in [1.29, 1.82) is 0 Å². The second kappa shape index (κ2) is 5.97. The standard InChI is InChI=1S/C15H22N2/c1-12-11-14(9-10-17-12)15(16-2)13-7-5-3-4-6-8-13/h7,9-11,15-16H,3-6,8H2,1-2H3. The molecular formula is C15H22N2. The fraction of sp³-hybridized carbons (Fsp3) is 0.533. The van der Waals surface area contributed by atoms with Crippen molar-refractivity contribution in [2.24, 2.45) is 0 Å².